The molecule has 0 saturated carbocycles. The highest BCUT2D eigenvalue weighted by Gasteiger charge is 2.41. The number of nitrogens with zero attached hydrogens (tertiary/aromatic N) is 3. The highest BCUT2D eigenvalue weighted by atomic mass is 15.3. The average molecular weight is 295 g/mol. The Balaban J connectivity index is 3.27. The van der Waals surface area contributed by atoms with Crippen molar-refractivity contribution in [2.45, 2.75) is 72.0 Å². The zero-order valence-corrected chi connectivity index (χ0v) is 14.4. The Hall–Kier alpha value is -0.910. The van der Waals surface area contributed by atoms with E-state index in [1.54, 1.807) is 0 Å². The summed E-state index contributed by atoms with van der Waals surface area (Å²) in [6.45, 7) is 14.1. The summed E-state index contributed by atoms with van der Waals surface area (Å²) in [5.74, 6) is 6.00. The number of likely N-dealkylation sites (N-methyl/N-ethyl adjacent to an activating group) is 1. The van der Waals surface area contributed by atoms with E-state index in [0.717, 1.165) is 38.9 Å². The quantitative estimate of drug-likeness (QED) is 0.515. The highest BCUT2D eigenvalue weighted by molar-refractivity contribution is 5.15. The second kappa shape index (κ2) is 8.51. The summed E-state index contributed by atoms with van der Waals surface area (Å²) in [5, 5.41) is 4.47. The van der Waals surface area contributed by atoms with Gasteiger partial charge in [0, 0.05) is 18.3 Å². The highest BCUT2D eigenvalue weighted by Crippen LogP contribution is 2.36. The first-order valence-corrected chi connectivity index (χ1v) is 8.37. The topological polar surface area (TPSA) is 59.1 Å². The molecule has 0 saturated heterocycles. The van der Waals surface area contributed by atoms with Gasteiger partial charge in [0.05, 0.1) is 11.7 Å². The van der Waals surface area contributed by atoms with Gasteiger partial charge in [0.25, 0.3) is 0 Å². The van der Waals surface area contributed by atoms with Gasteiger partial charge in [-0.3, -0.25) is 15.4 Å². The Morgan fingerprint density at radius 3 is 2.29 bits per heavy atom. The van der Waals surface area contributed by atoms with Crippen molar-refractivity contribution >= 4 is 0 Å². The number of hydrazine groups is 1. The number of aryl methyl sites for hydroxylation is 1. The number of rotatable bonds is 10. The molecule has 0 spiro atoms. The van der Waals surface area contributed by atoms with Crippen LogP contribution in [0, 0.1) is 0 Å². The number of nitrogens with two attached hydrogens (primary N) is 1. The van der Waals surface area contributed by atoms with E-state index in [2.05, 4.69) is 60.8 Å². The lowest BCUT2D eigenvalue weighted by atomic mass is 9.81. The van der Waals surface area contributed by atoms with Crippen LogP contribution in [-0.2, 0) is 6.54 Å². The minimum atomic E-state index is 0.0176. The third-order valence-electron chi connectivity index (χ3n) is 4.80. The average Bonchev–Trinajstić information content (AvgIpc) is 2.95. The predicted molar refractivity (Wildman–Crippen MR) is 88.8 cm³/mol. The SMILES string of the molecule is CCCn1nccc1C(NN)C(CC)(CC)N(CC)CC. The van der Waals surface area contributed by atoms with Crippen LogP contribution in [0.3, 0.4) is 0 Å². The minimum Gasteiger partial charge on any atom is -0.296 e. The number of hydrogen-bond acceptors (Lipinski definition) is 4. The van der Waals surface area contributed by atoms with Gasteiger partial charge in [0.2, 0.25) is 0 Å². The molecule has 0 radical (unpaired) electrons. The zero-order valence-electron chi connectivity index (χ0n) is 14.4. The smallest absolute Gasteiger partial charge is 0.0812 e. The monoisotopic (exact) mass is 295 g/mol. The molecule has 0 aliphatic rings. The summed E-state index contributed by atoms with van der Waals surface area (Å²) in [5.41, 5.74) is 4.30. The normalized spacial score (nSPS) is 13.9. The molecule has 1 aromatic rings. The third-order valence-corrected chi connectivity index (χ3v) is 4.80. The second-order valence-corrected chi connectivity index (χ2v) is 5.56. The van der Waals surface area contributed by atoms with Gasteiger partial charge in [0.15, 0.2) is 0 Å². The van der Waals surface area contributed by atoms with Crippen molar-refractivity contribution in [3.63, 3.8) is 0 Å². The maximum atomic E-state index is 6.00. The summed E-state index contributed by atoms with van der Waals surface area (Å²) >= 11 is 0. The maximum absolute atomic E-state index is 6.00. The van der Waals surface area contributed by atoms with E-state index >= 15 is 0 Å². The van der Waals surface area contributed by atoms with Crippen LogP contribution in [0.1, 0.15) is 65.6 Å². The van der Waals surface area contributed by atoms with E-state index in [-0.39, 0.29) is 11.6 Å². The molecular weight excluding hydrogens is 262 g/mol. The van der Waals surface area contributed by atoms with E-state index < -0.39 is 0 Å². The van der Waals surface area contributed by atoms with Gasteiger partial charge in [-0.05, 0) is 38.4 Å². The number of hydrogen-bond donors (Lipinski definition) is 2. The van der Waals surface area contributed by atoms with Crippen LogP contribution in [0.4, 0.5) is 0 Å². The van der Waals surface area contributed by atoms with E-state index in [1.807, 2.05) is 6.20 Å². The summed E-state index contributed by atoms with van der Waals surface area (Å²) in [6.07, 6.45) is 5.06. The molecule has 1 unspecified atom stereocenters. The first-order chi connectivity index (χ1) is 10.1. The molecular formula is C16H33N5. The van der Waals surface area contributed by atoms with E-state index in [0.29, 0.717) is 0 Å². The summed E-state index contributed by atoms with van der Waals surface area (Å²) < 4.78 is 2.09. The predicted octanol–water partition coefficient (Wildman–Crippen LogP) is 2.70. The summed E-state index contributed by atoms with van der Waals surface area (Å²) in [6, 6.07) is 2.19. The number of nitrogens with one attached hydrogen (secondary N) is 1. The molecule has 3 N–H and O–H groups in total. The van der Waals surface area contributed by atoms with Gasteiger partial charge in [-0.1, -0.05) is 34.6 Å². The lowest BCUT2D eigenvalue weighted by Gasteiger charge is -2.47. The van der Waals surface area contributed by atoms with E-state index in [4.69, 9.17) is 5.84 Å². The molecule has 0 aliphatic heterocycles. The minimum absolute atomic E-state index is 0.0176. The van der Waals surface area contributed by atoms with Gasteiger partial charge in [-0.25, -0.2) is 5.43 Å². The van der Waals surface area contributed by atoms with Gasteiger partial charge >= 0.3 is 0 Å². The largest absolute Gasteiger partial charge is 0.296 e. The maximum Gasteiger partial charge on any atom is 0.0812 e. The molecule has 5 nitrogen and oxygen atoms in total. The van der Waals surface area contributed by atoms with Crippen LogP contribution in [0.5, 0.6) is 0 Å². The lowest BCUT2D eigenvalue weighted by molar-refractivity contribution is 0.0455. The number of aromatic nitrogens is 2. The van der Waals surface area contributed by atoms with Crippen molar-refractivity contribution in [2.75, 3.05) is 13.1 Å². The van der Waals surface area contributed by atoms with Crippen LogP contribution < -0.4 is 11.3 Å². The molecule has 1 rings (SSSR count). The van der Waals surface area contributed by atoms with Gasteiger partial charge in [-0.15, -0.1) is 0 Å². The Labute approximate surface area is 129 Å². The standard InChI is InChI=1S/C16H33N5/c1-6-13-21-14(11-12-18-21)15(19-17)16(7-2,8-3)20(9-4)10-5/h11-12,15,19H,6-10,13,17H2,1-5H3. The van der Waals surface area contributed by atoms with Crippen LogP contribution in [-0.4, -0.2) is 33.3 Å². The van der Waals surface area contributed by atoms with Crippen molar-refractivity contribution in [3.05, 3.63) is 18.0 Å². The van der Waals surface area contributed by atoms with Crippen molar-refractivity contribution in [1.82, 2.24) is 20.1 Å². The molecule has 5 heteroatoms. The molecule has 0 amide bonds. The molecule has 122 valence electrons. The molecule has 1 aromatic heterocycles. The lowest BCUT2D eigenvalue weighted by Crippen LogP contribution is -2.57. The summed E-state index contributed by atoms with van der Waals surface area (Å²) in [4.78, 5) is 2.53. The van der Waals surface area contributed by atoms with Crippen molar-refractivity contribution in [1.29, 1.82) is 0 Å². The van der Waals surface area contributed by atoms with Crippen LogP contribution >= 0.6 is 0 Å². The first kappa shape index (κ1) is 18.1. The van der Waals surface area contributed by atoms with Gasteiger partial charge in [0.1, 0.15) is 0 Å². The van der Waals surface area contributed by atoms with Crippen molar-refractivity contribution < 1.29 is 0 Å². The van der Waals surface area contributed by atoms with Crippen LogP contribution in [0.25, 0.3) is 0 Å². The third kappa shape index (κ3) is 3.47. The summed E-state index contributed by atoms with van der Waals surface area (Å²) in [7, 11) is 0. The Morgan fingerprint density at radius 1 is 1.24 bits per heavy atom. The van der Waals surface area contributed by atoms with Crippen molar-refractivity contribution in [2.24, 2.45) is 5.84 Å². The molecule has 0 aliphatic carbocycles. The molecule has 21 heavy (non-hydrogen) atoms. The van der Waals surface area contributed by atoms with E-state index in [1.165, 1.54) is 5.69 Å². The van der Waals surface area contributed by atoms with Crippen molar-refractivity contribution in [3.8, 4) is 0 Å². The fraction of sp³-hybridized carbons (Fsp3) is 0.812. The van der Waals surface area contributed by atoms with Gasteiger partial charge < -0.3 is 0 Å². The van der Waals surface area contributed by atoms with Gasteiger partial charge in [-0.2, -0.15) is 5.10 Å². The Kier molecular flexibility index (Phi) is 7.35. The molecule has 1 atom stereocenters. The zero-order chi connectivity index (χ0) is 15.9. The second-order valence-electron chi connectivity index (χ2n) is 5.56. The molecule has 0 fully saturated rings. The molecule has 1 heterocycles. The first-order valence-electron chi connectivity index (χ1n) is 8.37. The van der Waals surface area contributed by atoms with Crippen LogP contribution in [0.2, 0.25) is 0 Å². The molecule has 0 bridgehead atoms. The van der Waals surface area contributed by atoms with E-state index in [9.17, 15) is 0 Å². The fourth-order valence-corrected chi connectivity index (χ4v) is 3.64. The van der Waals surface area contributed by atoms with Crippen LogP contribution in [0.15, 0.2) is 12.3 Å². The fourth-order valence-electron chi connectivity index (χ4n) is 3.64. The Bertz CT molecular complexity index is 393. The Morgan fingerprint density at radius 2 is 1.86 bits per heavy atom. The molecule has 0 aromatic carbocycles.